The van der Waals surface area contributed by atoms with Crippen molar-refractivity contribution in [3.8, 4) is 11.1 Å². The van der Waals surface area contributed by atoms with Crippen LogP contribution in [0, 0.1) is 0 Å². The molecule has 3 aromatic carbocycles. The first-order valence-electron chi connectivity index (χ1n) is 9.08. The first-order chi connectivity index (χ1) is 14.4. The molecule has 1 saturated heterocycles. The van der Waals surface area contributed by atoms with Gasteiger partial charge in [-0.05, 0) is 77.4 Å². The number of thiocarbonyl (C=S) groups is 1. The van der Waals surface area contributed by atoms with E-state index < -0.39 is 12.1 Å². The number of benzene rings is 3. The van der Waals surface area contributed by atoms with Crippen LogP contribution in [-0.4, -0.2) is 22.4 Å². The van der Waals surface area contributed by atoms with Crippen LogP contribution in [0.4, 0.5) is 5.69 Å². The summed E-state index contributed by atoms with van der Waals surface area (Å²) in [5, 5.41) is 14.5. The Morgan fingerprint density at radius 2 is 1.60 bits per heavy atom. The molecule has 1 atom stereocenters. The SMILES string of the molecule is O=C1C(=Cc2cccc(-c3cccc(Cl)c3)c2)C(O)NC(=S)N1c1ccc(Cl)cc1. The molecule has 150 valence electrons. The zero-order valence-electron chi connectivity index (χ0n) is 15.5. The third kappa shape index (κ3) is 4.25. The highest BCUT2D eigenvalue weighted by Gasteiger charge is 2.34. The fraction of sp³-hybridized carbons (Fsp3) is 0.0435. The third-order valence-electron chi connectivity index (χ3n) is 4.66. The highest BCUT2D eigenvalue weighted by molar-refractivity contribution is 7.80. The first-order valence-corrected chi connectivity index (χ1v) is 10.2. The molecule has 1 fully saturated rings. The maximum Gasteiger partial charge on any atom is 0.265 e. The third-order valence-corrected chi connectivity index (χ3v) is 5.45. The Kier molecular flexibility index (Phi) is 5.88. The van der Waals surface area contributed by atoms with Crippen molar-refractivity contribution >= 4 is 58.2 Å². The van der Waals surface area contributed by atoms with Crippen molar-refractivity contribution in [1.29, 1.82) is 0 Å². The minimum atomic E-state index is -1.21. The normalized spacial score (nSPS) is 17.9. The van der Waals surface area contributed by atoms with Crippen LogP contribution >= 0.6 is 35.4 Å². The minimum Gasteiger partial charge on any atom is -0.369 e. The van der Waals surface area contributed by atoms with E-state index in [1.54, 1.807) is 30.3 Å². The first kappa shape index (κ1) is 20.6. The van der Waals surface area contributed by atoms with E-state index in [1.165, 1.54) is 4.90 Å². The summed E-state index contributed by atoms with van der Waals surface area (Å²) in [6.07, 6.45) is 0.446. The number of hydrogen-bond donors (Lipinski definition) is 2. The van der Waals surface area contributed by atoms with Crippen molar-refractivity contribution in [3.63, 3.8) is 0 Å². The molecular weight excluding hydrogens is 439 g/mol. The van der Waals surface area contributed by atoms with Crippen molar-refractivity contribution in [2.75, 3.05) is 4.90 Å². The predicted octanol–water partition coefficient (Wildman–Crippen LogP) is 5.28. The topological polar surface area (TPSA) is 52.6 Å². The van der Waals surface area contributed by atoms with Gasteiger partial charge in [-0.25, -0.2) is 0 Å². The van der Waals surface area contributed by atoms with Crippen molar-refractivity contribution in [2.24, 2.45) is 0 Å². The molecule has 1 heterocycles. The largest absolute Gasteiger partial charge is 0.369 e. The van der Waals surface area contributed by atoms with Crippen LogP contribution in [0.5, 0.6) is 0 Å². The van der Waals surface area contributed by atoms with Crippen LogP contribution in [0.2, 0.25) is 10.0 Å². The number of halogens is 2. The van der Waals surface area contributed by atoms with Gasteiger partial charge in [0.25, 0.3) is 5.91 Å². The van der Waals surface area contributed by atoms with E-state index in [1.807, 2.05) is 48.5 Å². The minimum absolute atomic E-state index is 0.125. The van der Waals surface area contributed by atoms with Crippen molar-refractivity contribution < 1.29 is 9.90 Å². The van der Waals surface area contributed by atoms with E-state index in [2.05, 4.69) is 5.32 Å². The smallest absolute Gasteiger partial charge is 0.265 e. The molecule has 1 aliphatic rings. The summed E-state index contributed by atoms with van der Waals surface area (Å²) in [6, 6.07) is 21.9. The lowest BCUT2D eigenvalue weighted by atomic mass is 10.0. The fourth-order valence-corrected chi connectivity index (χ4v) is 3.83. The van der Waals surface area contributed by atoms with E-state index in [0.29, 0.717) is 15.7 Å². The van der Waals surface area contributed by atoms with Gasteiger partial charge in [-0.1, -0.05) is 53.5 Å². The van der Waals surface area contributed by atoms with Crippen LogP contribution in [0.1, 0.15) is 5.56 Å². The second-order valence-corrected chi connectivity index (χ2v) is 7.96. The molecule has 1 amide bonds. The number of aliphatic hydroxyl groups excluding tert-OH is 1. The van der Waals surface area contributed by atoms with Gasteiger partial charge in [-0.2, -0.15) is 0 Å². The molecule has 3 aromatic rings. The Hall–Kier alpha value is -2.70. The lowest BCUT2D eigenvalue weighted by Gasteiger charge is -2.33. The summed E-state index contributed by atoms with van der Waals surface area (Å²) in [7, 11) is 0. The van der Waals surface area contributed by atoms with Gasteiger partial charge in [-0.15, -0.1) is 0 Å². The summed E-state index contributed by atoms with van der Waals surface area (Å²) in [6.45, 7) is 0. The van der Waals surface area contributed by atoms with Gasteiger partial charge in [0.1, 0.15) is 0 Å². The van der Waals surface area contributed by atoms with E-state index in [4.69, 9.17) is 35.4 Å². The lowest BCUT2D eigenvalue weighted by molar-refractivity contribution is -0.115. The number of nitrogens with one attached hydrogen (secondary N) is 1. The average Bonchev–Trinajstić information content (AvgIpc) is 2.73. The number of aliphatic hydroxyl groups is 1. The van der Waals surface area contributed by atoms with Gasteiger partial charge in [0.15, 0.2) is 11.3 Å². The summed E-state index contributed by atoms with van der Waals surface area (Å²) >= 11 is 17.3. The molecule has 0 radical (unpaired) electrons. The predicted molar refractivity (Wildman–Crippen MR) is 126 cm³/mol. The molecule has 0 spiro atoms. The zero-order valence-corrected chi connectivity index (χ0v) is 17.9. The van der Waals surface area contributed by atoms with Crippen LogP contribution in [0.25, 0.3) is 17.2 Å². The number of anilines is 1. The number of nitrogens with zero attached hydrogens (tertiary/aromatic N) is 1. The van der Waals surface area contributed by atoms with Gasteiger partial charge in [0.2, 0.25) is 0 Å². The molecule has 2 N–H and O–H groups in total. The standard InChI is InChI=1S/C23H16Cl2N2O2S/c24-17-7-9-19(10-8-17)27-22(29)20(21(28)26-23(27)30)12-14-3-1-4-15(11-14)16-5-2-6-18(25)13-16/h1-13,21,28H,(H,26,30). The Balaban J connectivity index is 1.70. The quantitative estimate of drug-likeness (QED) is 0.417. The molecule has 1 aliphatic heterocycles. The van der Waals surface area contributed by atoms with E-state index >= 15 is 0 Å². The van der Waals surface area contributed by atoms with Gasteiger partial charge >= 0.3 is 0 Å². The maximum atomic E-state index is 13.2. The van der Waals surface area contributed by atoms with Crippen LogP contribution in [0.3, 0.4) is 0 Å². The molecular formula is C23H16Cl2N2O2S. The number of hydrogen-bond acceptors (Lipinski definition) is 3. The van der Waals surface area contributed by atoms with Gasteiger partial charge in [-0.3, -0.25) is 9.69 Å². The summed E-state index contributed by atoms with van der Waals surface area (Å²) < 4.78 is 0. The maximum absolute atomic E-state index is 13.2. The Morgan fingerprint density at radius 3 is 2.30 bits per heavy atom. The van der Waals surface area contributed by atoms with Crippen molar-refractivity contribution in [1.82, 2.24) is 5.32 Å². The van der Waals surface area contributed by atoms with Gasteiger partial charge in [0.05, 0.1) is 11.3 Å². The Labute approximate surface area is 189 Å². The Morgan fingerprint density at radius 1 is 0.933 bits per heavy atom. The monoisotopic (exact) mass is 454 g/mol. The van der Waals surface area contributed by atoms with Gasteiger partial charge < -0.3 is 10.4 Å². The highest BCUT2D eigenvalue weighted by atomic mass is 35.5. The second kappa shape index (κ2) is 8.58. The van der Waals surface area contributed by atoms with Crippen LogP contribution in [-0.2, 0) is 4.79 Å². The average molecular weight is 455 g/mol. The van der Waals surface area contributed by atoms with Crippen LogP contribution < -0.4 is 10.2 Å². The summed E-state index contributed by atoms with van der Waals surface area (Å²) in [5.41, 5.74) is 3.41. The lowest BCUT2D eigenvalue weighted by Crippen LogP contribution is -2.56. The Bertz CT molecular complexity index is 1160. The molecule has 7 heteroatoms. The molecule has 0 bridgehead atoms. The van der Waals surface area contributed by atoms with Gasteiger partial charge in [0, 0.05) is 10.0 Å². The number of carbonyl (C=O) groups excluding carboxylic acids is 1. The van der Waals surface area contributed by atoms with E-state index in [0.717, 1.165) is 16.7 Å². The highest BCUT2D eigenvalue weighted by Crippen LogP contribution is 2.27. The number of carbonyl (C=O) groups is 1. The van der Waals surface area contributed by atoms with Crippen molar-refractivity contribution in [3.05, 3.63) is 94.0 Å². The summed E-state index contributed by atoms with van der Waals surface area (Å²) in [5.74, 6) is -0.401. The molecule has 0 saturated carbocycles. The molecule has 4 rings (SSSR count). The second-order valence-electron chi connectivity index (χ2n) is 6.70. The number of amides is 1. The molecule has 0 aromatic heterocycles. The van der Waals surface area contributed by atoms with E-state index in [9.17, 15) is 9.90 Å². The van der Waals surface area contributed by atoms with Crippen LogP contribution in [0.15, 0.2) is 78.4 Å². The van der Waals surface area contributed by atoms with E-state index in [-0.39, 0.29) is 10.7 Å². The number of rotatable bonds is 3. The molecule has 1 unspecified atom stereocenters. The van der Waals surface area contributed by atoms with Crippen molar-refractivity contribution in [2.45, 2.75) is 6.23 Å². The molecule has 30 heavy (non-hydrogen) atoms. The molecule has 0 aliphatic carbocycles. The molecule has 4 nitrogen and oxygen atoms in total. The fourth-order valence-electron chi connectivity index (χ4n) is 3.22. The summed E-state index contributed by atoms with van der Waals surface area (Å²) in [4.78, 5) is 14.5. The zero-order chi connectivity index (χ0) is 21.3.